The zero-order valence-electron chi connectivity index (χ0n) is 15.2. The van der Waals surface area contributed by atoms with E-state index in [0.29, 0.717) is 18.1 Å². The van der Waals surface area contributed by atoms with Crippen LogP contribution in [0.2, 0.25) is 5.02 Å². The van der Waals surface area contributed by atoms with Crippen molar-refractivity contribution < 1.29 is 9.18 Å². The fourth-order valence-corrected chi connectivity index (χ4v) is 4.47. The number of amides is 1. The number of carbonyl (C=O) groups is 1. The molecule has 3 N–H and O–H groups in total. The molecule has 1 aliphatic heterocycles. The summed E-state index contributed by atoms with van der Waals surface area (Å²) in [6.07, 6.45) is 0. The van der Waals surface area contributed by atoms with Crippen molar-refractivity contribution in [3.8, 4) is 0 Å². The van der Waals surface area contributed by atoms with Gasteiger partial charge in [0.05, 0.1) is 5.41 Å². The number of rotatable bonds is 3. The van der Waals surface area contributed by atoms with E-state index >= 15 is 0 Å². The second kappa shape index (κ2) is 6.36. The van der Waals surface area contributed by atoms with Crippen LogP contribution in [-0.2, 0) is 23.8 Å². The van der Waals surface area contributed by atoms with Gasteiger partial charge in [-0.3, -0.25) is 4.79 Å². The standard InChI is InChI=1S/C21H21ClFN3O/c1-21(20(24)27,12-3-5-13(22)6-4-12)16-10-25-11-18-19(16)15-9-14(23)7-8-17(15)26(18)2/h3-9,16,25H,10-11H2,1-2H3,(H2,24,27). The van der Waals surface area contributed by atoms with Crippen LogP contribution in [0.15, 0.2) is 42.5 Å². The first-order valence-electron chi connectivity index (χ1n) is 8.87. The molecular formula is C21H21ClFN3O. The lowest BCUT2D eigenvalue weighted by Crippen LogP contribution is -2.48. The maximum absolute atomic E-state index is 14.0. The highest BCUT2D eigenvalue weighted by Gasteiger charge is 2.45. The van der Waals surface area contributed by atoms with Gasteiger partial charge >= 0.3 is 0 Å². The van der Waals surface area contributed by atoms with Crippen molar-refractivity contribution in [2.24, 2.45) is 12.8 Å². The molecule has 1 aliphatic rings. The SMILES string of the molecule is Cn1c2c(c3cc(F)ccc31)C(C(C)(C(N)=O)c1ccc(Cl)cc1)CNC2. The molecule has 1 aromatic heterocycles. The summed E-state index contributed by atoms with van der Waals surface area (Å²) in [5, 5.41) is 4.83. The average molecular weight is 386 g/mol. The van der Waals surface area contributed by atoms with Gasteiger partial charge in [0, 0.05) is 47.7 Å². The van der Waals surface area contributed by atoms with Crippen LogP contribution in [-0.4, -0.2) is 17.0 Å². The molecule has 0 saturated heterocycles. The number of hydrogen-bond acceptors (Lipinski definition) is 2. The van der Waals surface area contributed by atoms with Crippen LogP contribution in [0.25, 0.3) is 10.9 Å². The minimum absolute atomic E-state index is 0.231. The summed E-state index contributed by atoms with van der Waals surface area (Å²) in [6, 6.07) is 12.0. The second-order valence-electron chi connectivity index (χ2n) is 7.34. The van der Waals surface area contributed by atoms with Crippen molar-refractivity contribution >= 4 is 28.4 Å². The Morgan fingerprint density at radius 3 is 2.67 bits per heavy atom. The Hall–Kier alpha value is -2.37. The third-order valence-corrected chi connectivity index (χ3v) is 6.22. The predicted octanol–water partition coefficient (Wildman–Crippen LogP) is 3.60. The Morgan fingerprint density at radius 1 is 1.30 bits per heavy atom. The topological polar surface area (TPSA) is 60.0 Å². The Morgan fingerprint density at radius 2 is 2.00 bits per heavy atom. The lowest BCUT2D eigenvalue weighted by molar-refractivity contribution is -0.123. The summed E-state index contributed by atoms with van der Waals surface area (Å²) in [4.78, 5) is 12.7. The molecule has 0 saturated carbocycles. The van der Waals surface area contributed by atoms with Crippen LogP contribution < -0.4 is 11.1 Å². The number of carbonyl (C=O) groups excluding carboxylic acids is 1. The van der Waals surface area contributed by atoms with Crippen LogP contribution in [0.1, 0.15) is 29.7 Å². The molecule has 2 atom stereocenters. The number of hydrogen-bond donors (Lipinski definition) is 2. The number of nitrogens with one attached hydrogen (secondary N) is 1. The van der Waals surface area contributed by atoms with Gasteiger partial charge < -0.3 is 15.6 Å². The minimum atomic E-state index is -0.965. The molecule has 27 heavy (non-hydrogen) atoms. The number of fused-ring (bicyclic) bond motifs is 3. The van der Waals surface area contributed by atoms with Crippen molar-refractivity contribution in [1.29, 1.82) is 0 Å². The van der Waals surface area contributed by atoms with Crippen molar-refractivity contribution in [2.75, 3.05) is 6.54 Å². The largest absolute Gasteiger partial charge is 0.369 e. The Balaban J connectivity index is 1.99. The quantitative estimate of drug-likeness (QED) is 0.723. The van der Waals surface area contributed by atoms with E-state index < -0.39 is 11.3 Å². The van der Waals surface area contributed by atoms with Gasteiger partial charge in [0.2, 0.25) is 5.91 Å². The van der Waals surface area contributed by atoms with Crippen molar-refractivity contribution in [3.05, 3.63) is 70.1 Å². The van der Waals surface area contributed by atoms with Crippen molar-refractivity contribution in [2.45, 2.75) is 24.8 Å². The third kappa shape index (κ3) is 2.65. The van der Waals surface area contributed by atoms with Gasteiger partial charge in [-0.05, 0) is 48.4 Å². The van der Waals surface area contributed by atoms with Crippen molar-refractivity contribution in [3.63, 3.8) is 0 Å². The molecule has 2 heterocycles. The average Bonchev–Trinajstić information content (AvgIpc) is 2.93. The molecule has 3 aromatic rings. The summed E-state index contributed by atoms with van der Waals surface area (Å²) >= 11 is 6.03. The van der Waals surface area contributed by atoms with Gasteiger partial charge in [-0.25, -0.2) is 4.39 Å². The summed E-state index contributed by atoms with van der Waals surface area (Å²) in [5.41, 5.74) is 8.74. The molecule has 140 valence electrons. The number of halogens is 2. The van der Waals surface area contributed by atoms with Crippen molar-refractivity contribution in [1.82, 2.24) is 9.88 Å². The van der Waals surface area contributed by atoms with Gasteiger partial charge in [0.15, 0.2) is 0 Å². The molecule has 0 bridgehead atoms. The summed E-state index contributed by atoms with van der Waals surface area (Å²) < 4.78 is 16.1. The first-order chi connectivity index (χ1) is 12.8. The summed E-state index contributed by atoms with van der Waals surface area (Å²) in [7, 11) is 1.97. The first kappa shape index (κ1) is 18.0. The number of nitrogens with zero attached hydrogens (tertiary/aromatic N) is 1. The predicted molar refractivity (Wildman–Crippen MR) is 105 cm³/mol. The fraction of sp³-hybridized carbons (Fsp3) is 0.286. The first-order valence-corrected chi connectivity index (χ1v) is 9.25. The lowest BCUT2D eigenvalue weighted by Gasteiger charge is -2.39. The lowest BCUT2D eigenvalue weighted by atomic mass is 9.67. The smallest absolute Gasteiger partial charge is 0.228 e. The van der Waals surface area contributed by atoms with Gasteiger partial charge in [-0.2, -0.15) is 0 Å². The van der Waals surface area contributed by atoms with E-state index in [1.807, 2.05) is 26.1 Å². The number of primary amides is 1. The molecular weight excluding hydrogens is 365 g/mol. The Labute approximate surface area is 162 Å². The summed E-state index contributed by atoms with van der Waals surface area (Å²) in [5.74, 6) is -0.941. The molecule has 0 fully saturated rings. The molecule has 2 unspecified atom stereocenters. The number of aryl methyl sites for hydroxylation is 1. The van der Waals surface area contributed by atoms with Crippen LogP contribution >= 0.6 is 11.6 Å². The van der Waals surface area contributed by atoms with Gasteiger partial charge in [0.1, 0.15) is 5.82 Å². The van der Waals surface area contributed by atoms with Crippen LogP contribution in [0.5, 0.6) is 0 Å². The van der Waals surface area contributed by atoms with Crippen LogP contribution in [0.4, 0.5) is 4.39 Å². The molecule has 4 rings (SSSR count). The van der Waals surface area contributed by atoms with E-state index in [1.165, 1.54) is 6.07 Å². The van der Waals surface area contributed by atoms with E-state index in [2.05, 4.69) is 9.88 Å². The number of aromatic nitrogens is 1. The Bertz CT molecular complexity index is 1040. The fourth-order valence-electron chi connectivity index (χ4n) is 4.34. The van der Waals surface area contributed by atoms with Crippen LogP contribution in [0, 0.1) is 5.82 Å². The maximum Gasteiger partial charge on any atom is 0.228 e. The molecule has 2 aromatic carbocycles. The maximum atomic E-state index is 14.0. The minimum Gasteiger partial charge on any atom is -0.369 e. The highest BCUT2D eigenvalue weighted by molar-refractivity contribution is 6.30. The molecule has 4 nitrogen and oxygen atoms in total. The van der Waals surface area contributed by atoms with E-state index in [-0.39, 0.29) is 11.7 Å². The van der Waals surface area contributed by atoms with E-state index in [4.69, 9.17) is 17.3 Å². The van der Waals surface area contributed by atoms with E-state index in [0.717, 1.165) is 27.7 Å². The molecule has 1 amide bonds. The Kier molecular flexibility index (Phi) is 4.24. The second-order valence-corrected chi connectivity index (χ2v) is 7.77. The van der Waals surface area contributed by atoms with Gasteiger partial charge in [-0.1, -0.05) is 23.7 Å². The third-order valence-electron chi connectivity index (χ3n) is 5.97. The van der Waals surface area contributed by atoms with E-state index in [1.54, 1.807) is 24.3 Å². The molecule has 6 heteroatoms. The molecule has 0 aliphatic carbocycles. The normalized spacial score (nSPS) is 18.9. The number of nitrogens with two attached hydrogens (primary N) is 1. The highest BCUT2D eigenvalue weighted by Crippen LogP contribution is 2.45. The zero-order chi connectivity index (χ0) is 19.3. The highest BCUT2D eigenvalue weighted by atomic mass is 35.5. The van der Waals surface area contributed by atoms with Crippen LogP contribution in [0.3, 0.4) is 0 Å². The van der Waals surface area contributed by atoms with Gasteiger partial charge in [0.25, 0.3) is 0 Å². The number of benzene rings is 2. The zero-order valence-corrected chi connectivity index (χ0v) is 16.0. The summed E-state index contributed by atoms with van der Waals surface area (Å²) in [6.45, 7) is 3.09. The molecule has 0 radical (unpaired) electrons. The van der Waals surface area contributed by atoms with Gasteiger partial charge in [-0.15, -0.1) is 0 Å². The van der Waals surface area contributed by atoms with E-state index in [9.17, 15) is 9.18 Å². The monoisotopic (exact) mass is 385 g/mol. The molecule has 0 spiro atoms.